The summed E-state index contributed by atoms with van der Waals surface area (Å²) in [6.07, 6.45) is 5.88. The average molecular weight is 382 g/mol. The fourth-order valence-corrected chi connectivity index (χ4v) is 3.05. The van der Waals surface area contributed by atoms with Gasteiger partial charge in [0, 0.05) is 0 Å². The van der Waals surface area contributed by atoms with Gasteiger partial charge in [-0.15, -0.1) is 0 Å². The highest BCUT2D eigenvalue weighted by Crippen LogP contribution is 2.28. The molecule has 4 heteroatoms. The number of hydrogen-bond donors (Lipinski definition) is 0. The van der Waals surface area contributed by atoms with E-state index in [1.807, 2.05) is 44.2 Å². The predicted octanol–water partition coefficient (Wildman–Crippen LogP) is 5.64. The van der Waals surface area contributed by atoms with Crippen LogP contribution in [0.3, 0.4) is 0 Å². The third kappa shape index (κ3) is 6.45. The van der Waals surface area contributed by atoms with Crippen LogP contribution in [0, 0.1) is 13.8 Å². The van der Waals surface area contributed by atoms with Gasteiger partial charge in [-0.05, 0) is 81.0 Å². The van der Waals surface area contributed by atoms with E-state index in [1.165, 1.54) is 5.56 Å². The number of rotatable bonds is 10. The van der Waals surface area contributed by atoms with Crippen molar-refractivity contribution in [2.24, 2.45) is 5.16 Å². The molecule has 0 spiro atoms. The van der Waals surface area contributed by atoms with E-state index in [1.54, 1.807) is 7.11 Å². The number of aryl methyl sites for hydroxylation is 3. The highest BCUT2D eigenvalue weighted by molar-refractivity contribution is 5.98. The number of hydrogen-bond acceptors (Lipinski definition) is 4. The van der Waals surface area contributed by atoms with Crippen LogP contribution in [0.4, 0.5) is 0 Å². The Morgan fingerprint density at radius 1 is 1.07 bits per heavy atom. The summed E-state index contributed by atoms with van der Waals surface area (Å²) in [4.78, 5) is 4.86. The van der Waals surface area contributed by atoms with Crippen molar-refractivity contribution in [1.29, 1.82) is 0 Å². The Bertz CT molecular complexity index is 801. The minimum absolute atomic E-state index is 0.587. The molecule has 28 heavy (non-hydrogen) atoms. The SMILES string of the molecule is C/C=C/COc1cc(C)c(OCCCc2cccc(C(C)=NOC)c2)c(C)c1. The Kier molecular flexibility index (Phi) is 8.60. The monoisotopic (exact) mass is 381 g/mol. The second kappa shape index (κ2) is 11.2. The van der Waals surface area contributed by atoms with Gasteiger partial charge in [-0.25, -0.2) is 0 Å². The zero-order valence-electron chi connectivity index (χ0n) is 17.6. The van der Waals surface area contributed by atoms with Crippen LogP contribution in [0.1, 0.15) is 42.5 Å². The summed E-state index contributed by atoms with van der Waals surface area (Å²) in [5.74, 6) is 1.83. The van der Waals surface area contributed by atoms with Crippen LogP contribution in [0.25, 0.3) is 0 Å². The van der Waals surface area contributed by atoms with Crippen molar-refractivity contribution < 1.29 is 14.3 Å². The van der Waals surface area contributed by atoms with Crippen LogP contribution in [0.5, 0.6) is 11.5 Å². The Balaban J connectivity index is 1.90. The number of allylic oxidation sites excluding steroid dienone is 1. The molecule has 0 radical (unpaired) electrons. The van der Waals surface area contributed by atoms with E-state index in [0.717, 1.165) is 46.7 Å². The molecule has 0 atom stereocenters. The molecule has 0 saturated carbocycles. The van der Waals surface area contributed by atoms with Gasteiger partial charge in [0.25, 0.3) is 0 Å². The van der Waals surface area contributed by atoms with Crippen molar-refractivity contribution in [3.8, 4) is 11.5 Å². The van der Waals surface area contributed by atoms with Crippen molar-refractivity contribution in [2.45, 2.75) is 40.5 Å². The van der Waals surface area contributed by atoms with Gasteiger partial charge in [0.2, 0.25) is 0 Å². The van der Waals surface area contributed by atoms with Crippen molar-refractivity contribution in [1.82, 2.24) is 0 Å². The lowest BCUT2D eigenvalue weighted by molar-refractivity contribution is 0.213. The molecular formula is C24H31NO3. The van der Waals surface area contributed by atoms with Crippen LogP contribution in [-0.4, -0.2) is 26.0 Å². The first-order chi connectivity index (χ1) is 13.5. The molecule has 0 unspecified atom stereocenters. The molecule has 2 aromatic rings. The van der Waals surface area contributed by atoms with Crippen LogP contribution in [-0.2, 0) is 11.3 Å². The van der Waals surface area contributed by atoms with Crippen LogP contribution in [0.2, 0.25) is 0 Å². The van der Waals surface area contributed by atoms with Gasteiger partial charge in [0.1, 0.15) is 25.2 Å². The minimum atomic E-state index is 0.587. The first kappa shape index (κ1) is 21.5. The molecule has 0 fully saturated rings. The Morgan fingerprint density at radius 2 is 1.82 bits per heavy atom. The van der Waals surface area contributed by atoms with Gasteiger partial charge in [0.05, 0.1) is 12.3 Å². The van der Waals surface area contributed by atoms with Gasteiger partial charge in [-0.1, -0.05) is 35.5 Å². The van der Waals surface area contributed by atoms with Crippen molar-refractivity contribution in [3.63, 3.8) is 0 Å². The number of nitrogens with zero attached hydrogens (tertiary/aromatic N) is 1. The van der Waals surface area contributed by atoms with Crippen molar-refractivity contribution >= 4 is 5.71 Å². The largest absolute Gasteiger partial charge is 0.493 e. The third-order valence-corrected chi connectivity index (χ3v) is 4.44. The van der Waals surface area contributed by atoms with Crippen molar-refractivity contribution in [2.75, 3.05) is 20.3 Å². The third-order valence-electron chi connectivity index (χ3n) is 4.44. The fraction of sp³-hybridized carbons (Fsp3) is 0.375. The molecule has 0 aliphatic rings. The standard InChI is InChI=1S/C24H31NO3/c1-6-7-13-27-23-15-18(2)24(19(3)16-23)28-14-9-11-21-10-8-12-22(17-21)20(4)25-26-5/h6-8,10,12,15-17H,9,11,13-14H2,1-5H3/b7-6+,25-20?. The smallest absolute Gasteiger partial charge is 0.125 e. The fourth-order valence-electron chi connectivity index (χ4n) is 3.05. The summed E-state index contributed by atoms with van der Waals surface area (Å²) < 4.78 is 11.8. The second-order valence-electron chi connectivity index (χ2n) is 6.78. The van der Waals surface area contributed by atoms with Crippen LogP contribution in [0.15, 0.2) is 53.7 Å². The van der Waals surface area contributed by atoms with Crippen LogP contribution >= 0.6 is 0 Å². The lowest BCUT2D eigenvalue weighted by Crippen LogP contribution is -2.04. The lowest BCUT2D eigenvalue weighted by Gasteiger charge is -2.14. The van der Waals surface area contributed by atoms with Gasteiger partial charge in [-0.3, -0.25) is 0 Å². The van der Waals surface area contributed by atoms with E-state index in [0.29, 0.717) is 13.2 Å². The molecule has 4 nitrogen and oxygen atoms in total. The summed E-state index contributed by atoms with van der Waals surface area (Å²) in [6.45, 7) is 9.32. The summed E-state index contributed by atoms with van der Waals surface area (Å²) in [5, 5.41) is 4.00. The Hall–Kier alpha value is -2.75. The molecule has 0 saturated heterocycles. The molecule has 0 aliphatic heterocycles. The predicted molar refractivity (Wildman–Crippen MR) is 116 cm³/mol. The molecule has 0 N–H and O–H groups in total. The number of oxime groups is 1. The first-order valence-corrected chi connectivity index (χ1v) is 9.70. The molecule has 0 aromatic heterocycles. The normalized spacial score (nSPS) is 11.7. The van der Waals surface area contributed by atoms with E-state index >= 15 is 0 Å². The number of ether oxygens (including phenoxy) is 2. The minimum Gasteiger partial charge on any atom is -0.493 e. The van der Waals surface area contributed by atoms with E-state index in [2.05, 4.69) is 37.2 Å². The highest BCUT2D eigenvalue weighted by Gasteiger charge is 2.08. The molecule has 0 heterocycles. The van der Waals surface area contributed by atoms with Crippen LogP contribution < -0.4 is 9.47 Å². The van der Waals surface area contributed by atoms with Gasteiger partial charge in [0.15, 0.2) is 0 Å². The maximum atomic E-state index is 6.07. The summed E-state index contributed by atoms with van der Waals surface area (Å²) in [5.41, 5.74) is 5.43. The lowest BCUT2D eigenvalue weighted by atomic mass is 10.0. The first-order valence-electron chi connectivity index (χ1n) is 9.70. The number of benzene rings is 2. The second-order valence-corrected chi connectivity index (χ2v) is 6.78. The molecule has 2 rings (SSSR count). The molecule has 0 amide bonds. The Morgan fingerprint density at radius 3 is 2.50 bits per heavy atom. The average Bonchev–Trinajstić information content (AvgIpc) is 2.67. The molecule has 0 aliphatic carbocycles. The van der Waals surface area contributed by atoms with Gasteiger partial charge in [-0.2, -0.15) is 0 Å². The van der Waals surface area contributed by atoms with E-state index in [9.17, 15) is 0 Å². The Labute approximate surface area is 168 Å². The molecule has 0 bridgehead atoms. The maximum absolute atomic E-state index is 6.07. The zero-order chi connectivity index (χ0) is 20.4. The van der Waals surface area contributed by atoms with E-state index < -0.39 is 0 Å². The summed E-state index contributed by atoms with van der Waals surface area (Å²) >= 11 is 0. The summed E-state index contributed by atoms with van der Waals surface area (Å²) in [7, 11) is 1.57. The topological polar surface area (TPSA) is 40.0 Å². The summed E-state index contributed by atoms with van der Waals surface area (Å²) in [6, 6.07) is 12.5. The quantitative estimate of drug-likeness (QED) is 0.231. The maximum Gasteiger partial charge on any atom is 0.125 e. The van der Waals surface area contributed by atoms with Gasteiger partial charge < -0.3 is 14.3 Å². The highest BCUT2D eigenvalue weighted by atomic mass is 16.6. The zero-order valence-corrected chi connectivity index (χ0v) is 17.6. The molecule has 150 valence electrons. The van der Waals surface area contributed by atoms with Gasteiger partial charge >= 0.3 is 0 Å². The van der Waals surface area contributed by atoms with E-state index in [4.69, 9.17) is 14.3 Å². The molecule has 2 aromatic carbocycles. The molecular weight excluding hydrogens is 350 g/mol. The van der Waals surface area contributed by atoms with Crippen molar-refractivity contribution in [3.05, 3.63) is 70.8 Å². The van der Waals surface area contributed by atoms with E-state index in [-0.39, 0.29) is 0 Å².